The van der Waals surface area contributed by atoms with Gasteiger partial charge in [-0.15, -0.1) is 0 Å². The lowest BCUT2D eigenvalue weighted by Crippen LogP contribution is -2.22. The minimum Gasteiger partial charge on any atom is -0.465 e. The number of carbonyl (C=O) groups is 1. The van der Waals surface area contributed by atoms with Crippen LogP contribution in [0, 0.1) is 11.7 Å². The van der Waals surface area contributed by atoms with Crippen molar-refractivity contribution in [3.8, 4) is 0 Å². The Hall–Kier alpha value is -1.78. The number of methoxy groups -OCH3 is 1. The topological polar surface area (TPSA) is 55.6 Å². The lowest BCUT2D eigenvalue weighted by atomic mass is 10.1. The average molecular weight is 252 g/mol. The van der Waals surface area contributed by atoms with Crippen LogP contribution in [0.1, 0.15) is 23.2 Å². The van der Waals surface area contributed by atoms with Crippen molar-refractivity contribution in [2.75, 3.05) is 31.3 Å². The van der Waals surface area contributed by atoms with Crippen molar-refractivity contribution in [3.63, 3.8) is 0 Å². The zero-order valence-corrected chi connectivity index (χ0v) is 10.6. The molecule has 4 nitrogen and oxygen atoms in total. The van der Waals surface area contributed by atoms with Crippen LogP contribution < -0.4 is 10.6 Å². The zero-order valence-electron chi connectivity index (χ0n) is 10.6. The molecule has 0 unspecified atom stereocenters. The molecular weight excluding hydrogens is 235 g/mol. The van der Waals surface area contributed by atoms with Crippen LogP contribution in [0.4, 0.5) is 15.8 Å². The van der Waals surface area contributed by atoms with Crippen LogP contribution in [-0.2, 0) is 4.74 Å². The predicted molar refractivity (Wildman–Crippen MR) is 68.1 cm³/mol. The Balaban J connectivity index is 2.30. The Morgan fingerprint density at radius 2 is 2.22 bits per heavy atom. The van der Waals surface area contributed by atoms with Gasteiger partial charge in [-0.1, -0.05) is 0 Å². The molecule has 0 atom stereocenters. The van der Waals surface area contributed by atoms with Crippen molar-refractivity contribution in [1.82, 2.24) is 0 Å². The monoisotopic (exact) mass is 252 g/mol. The summed E-state index contributed by atoms with van der Waals surface area (Å²) in [7, 11) is 3.09. The predicted octanol–water partition coefficient (Wildman–Crippen LogP) is 2.04. The average Bonchev–Trinajstić information content (AvgIpc) is 3.12. The van der Waals surface area contributed by atoms with Gasteiger partial charge >= 0.3 is 5.97 Å². The van der Waals surface area contributed by atoms with Gasteiger partial charge in [0.05, 0.1) is 18.4 Å². The molecule has 2 N–H and O–H groups in total. The van der Waals surface area contributed by atoms with Crippen molar-refractivity contribution in [3.05, 3.63) is 23.5 Å². The molecule has 0 aliphatic heterocycles. The molecule has 1 fully saturated rings. The van der Waals surface area contributed by atoms with E-state index in [-0.39, 0.29) is 11.3 Å². The van der Waals surface area contributed by atoms with Crippen molar-refractivity contribution in [2.45, 2.75) is 12.8 Å². The smallest absolute Gasteiger partial charge is 0.340 e. The van der Waals surface area contributed by atoms with Gasteiger partial charge in [-0.2, -0.15) is 0 Å². The second kappa shape index (κ2) is 4.84. The molecule has 0 saturated heterocycles. The summed E-state index contributed by atoms with van der Waals surface area (Å²) in [5.74, 6) is -0.328. The molecular formula is C13H17FN2O2. The molecule has 0 radical (unpaired) electrons. The first-order valence-electron chi connectivity index (χ1n) is 5.91. The van der Waals surface area contributed by atoms with E-state index in [1.807, 2.05) is 11.9 Å². The van der Waals surface area contributed by atoms with Crippen LogP contribution in [-0.4, -0.2) is 26.7 Å². The first-order chi connectivity index (χ1) is 8.52. The highest BCUT2D eigenvalue weighted by Gasteiger charge is 2.25. The summed E-state index contributed by atoms with van der Waals surface area (Å²) < 4.78 is 18.5. The molecule has 0 aromatic heterocycles. The fourth-order valence-corrected chi connectivity index (χ4v) is 1.94. The number of anilines is 2. The van der Waals surface area contributed by atoms with E-state index in [0.717, 1.165) is 6.54 Å². The lowest BCUT2D eigenvalue weighted by Gasteiger charge is -2.20. The first-order valence-corrected chi connectivity index (χ1v) is 5.91. The Kier molecular flexibility index (Phi) is 3.41. The van der Waals surface area contributed by atoms with Crippen LogP contribution in [0.25, 0.3) is 0 Å². The highest BCUT2D eigenvalue weighted by molar-refractivity contribution is 5.96. The molecule has 5 heteroatoms. The van der Waals surface area contributed by atoms with Crippen molar-refractivity contribution in [2.24, 2.45) is 5.92 Å². The van der Waals surface area contributed by atoms with Gasteiger partial charge < -0.3 is 15.4 Å². The van der Waals surface area contributed by atoms with E-state index in [4.69, 9.17) is 5.73 Å². The normalized spacial score (nSPS) is 14.4. The van der Waals surface area contributed by atoms with Crippen LogP contribution in [0.2, 0.25) is 0 Å². The van der Waals surface area contributed by atoms with Gasteiger partial charge in [0.2, 0.25) is 0 Å². The SMILES string of the molecule is COC(=O)c1cc(N(C)CC2CC2)c(F)cc1N. The van der Waals surface area contributed by atoms with Crippen molar-refractivity contribution in [1.29, 1.82) is 0 Å². The molecule has 0 bridgehead atoms. The maximum atomic E-state index is 13.8. The van der Waals surface area contributed by atoms with Gasteiger partial charge in [-0.25, -0.2) is 9.18 Å². The van der Waals surface area contributed by atoms with Crippen LogP contribution in [0.3, 0.4) is 0 Å². The molecule has 1 saturated carbocycles. The Morgan fingerprint density at radius 1 is 1.56 bits per heavy atom. The number of carbonyl (C=O) groups excluding carboxylic acids is 1. The maximum Gasteiger partial charge on any atom is 0.340 e. The summed E-state index contributed by atoms with van der Waals surface area (Å²) in [5, 5.41) is 0. The lowest BCUT2D eigenvalue weighted by molar-refractivity contribution is 0.0602. The summed E-state index contributed by atoms with van der Waals surface area (Å²) in [6.07, 6.45) is 2.37. The van der Waals surface area contributed by atoms with Gasteiger partial charge in [0.25, 0.3) is 0 Å². The fraction of sp³-hybridized carbons (Fsp3) is 0.462. The molecule has 1 aliphatic rings. The molecule has 1 aromatic rings. The standard InChI is InChI=1S/C13H17FN2O2/c1-16(7-8-3-4-8)12-5-9(13(17)18-2)11(15)6-10(12)14/h5-6,8H,3-4,7,15H2,1-2H3. The second-order valence-corrected chi connectivity index (χ2v) is 4.71. The van der Waals surface area contributed by atoms with Crippen LogP contribution in [0.5, 0.6) is 0 Å². The van der Waals surface area contributed by atoms with E-state index >= 15 is 0 Å². The quantitative estimate of drug-likeness (QED) is 0.658. The van der Waals surface area contributed by atoms with Crippen molar-refractivity contribution >= 4 is 17.3 Å². The highest BCUT2D eigenvalue weighted by atomic mass is 19.1. The molecule has 0 spiro atoms. The van der Waals surface area contributed by atoms with E-state index in [0.29, 0.717) is 11.6 Å². The van der Waals surface area contributed by atoms with E-state index in [1.165, 1.54) is 32.1 Å². The number of benzene rings is 1. The highest BCUT2D eigenvalue weighted by Crippen LogP contribution is 2.32. The van der Waals surface area contributed by atoms with E-state index in [2.05, 4.69) is 4.74 Å². The van der Waals surface area contributed by atoms with E-state index < -0.39 is 11.8 Å². The number of rotatable bonds is 4. The van der Waals surface area contributed by atoms with Gasteiger partial charge in [-0.05, 0) is 30.9 Å². The first kappa shape index (κ1) is 12.7. The van der Waals surface area contributed by atoms with Gasteiger partial charge in [0, 0.05) is 19.3 Å². The number of nitrogens with two attached hydrogens (primary N) is 1. The molecule has 1 aliphatic carbocycles. The van der Waals surface area contributed by atoms with E-state index in [1.54, 1.807) is 0 Å². The number of halogens is 1. The summed E-state index contributed by atoms with van der Waals surface area (Å²) in [5.41, 5.74) is 6.31. The molecule has 18 heavy (non-hydrogen) atoms. The summed E-state index contributed by atoms with van der Waals surface area (Å²) in [6, 6.07) is 2.63. The maximum absolute atomic E-state index is 13.8. The number of nitrogen functional groups attached to an aromatic ring is 1. The van der Waals surface area contributed by atoms with Crippen LogP contribution in [0.15, 0.2) is 12.1 Å². The Bertz CT molecular complexity index is 472. The number of hydrogen-bond acceptors (Lipinski definition) is 4. The minimum atomic E-state index is -0.548. The van der Waals surface area contributed by atoms with Crippen molar-refractivity contribution < 1.29 is 13.9 Å². The summed E-state index contributed by atoms with van der Waals surface area (Å²) >= 11 is 0. The van der Waals surface area contributed by atoms with Gasteiger partial charge in [-0.3, -0.25) is 0 Å². The van der Waals surface area contributed by atoms with Crippen LogP contribution >= 0.6 is 0 Å². The Morgan fingerprint density at radius 3 is 2.78 bits per heavy atom. The molecule has 98 valence electrons. The second-order valence-electron chi connectivity index (χ2n) is 4.71. The molecule has 0 heterocycles. The minimum absolute atomic E-state index is 0.0999. The third kappa shape index (κ3) is 2.55. The third-order valence-electron chi connectivity index (χ3n) is 3.16. The zero-order chi connectivity index (χ0) is 13.3. The molecule has 1 aromatic carbocycles. The third-order valence-corrected chi connectivity index (χ3v) is 3.16. The fourth-order valence-electron chi connectivity index (χ4n) is 1.94. The molecule has 0 amide bonds. The number of esters is 1. The molecule has 2 rings (SSSR count). The number of hydrogen-bond donors (Lipinski definition) is 1. The van der Waals surface area contributed by atoms with Gasteiger partial charge in [0.1, 0.15) is 5.82 Å². The largest absolute Gasteiger partial charge is 0.465 e. The summed E-state index contributed by atoms with van der Waals surface area (Å²) in [6.45, 7) is 0.793. The van der Waals surface area contributed by atoms with Gasteiger partial charge in [0.15, 0.2) is 0 Å². The number of ether oxygens (including phenoxy) is 1. The number of nitrogens with zero attached hydrogens (tertiary/aromatic N) is 1. The summed E-state index contributed by atoms with van der Waals surface area (Å²) in [4.78, 5) is 13.3. The van der Waals surface area contributed by atoms with E-state index in [9.17, 15) is 9.18 Å². The Labute approximate surface area is 106 Å².